The lowest BCUT2D eigenvalue weighted by Crippen LogP contribution is -2.31. The van der Waals surface area contributed by atoms with E-state index in [-0.39, 0.29) is 5.91 Å². The molecule has 2 aromatic carbocycles. The van der Waals surface area contributed by atoms with Crippen LogP contribution in [0.5, 0.6) is 0 Å². The maximum atomic E-state index is 12.4. The molecule has 0 atom stereocenters. The Morgan fingerprint density at radius 3 is 2.76 bits per heavy atom. The molecule has 1 saturated heterocycles. The molecule has 3 rings (SSSR count). The predicted octanol–water partition coefficient (Wildman–Crippen LogP) is 3.31. The summed E-state index contributed by atoms with van der Waals surface area (Å²) < 4.78 is 0. The van der Waals surface area contributed by atoms with Crippen molar-refractivity contribution in [1.82, 2.24) is 10.2 Å². The fraction of sp³-hybridized carbons (Fsp3) is 0.176. The molecule has 1 aliphatic rings. The number of hydrogen-bond donors (Lipinski definition) is 1. The number of nitrogens with zero attached hydrogens (tertiary/aromatic N) is 1. The second-order valence-electron chi connectivity index (χ2n) is 5.01. The summed E-state index contributed by atoms with van der Waals surface area (Å²) in [5.41, 5.74) is 1.56. The highest BCUT2D eigenvalue weighted by Gasteiger charge is 2.29. The first-order valence-electron chi connectivity index (χ1n) is 7.03. The number of nitrogens with one attached hydrogen (secondary N) is 1. The van der Waals surface area contributed by atoms with Crippen molar-refractivity contribution in [2.75, 3.05) is 6.54 Å². The lowest BCUT2D eigenvalue weighted by atomic mass is 10.0. The van der Waals surface area contributed by atoms with Crippen LogP contribution in [0.25, 0.3) is 16.8 Å². The van der Waals surface area contributed by atoms with Crippen LogP contribution in [0, 0.1) is 0 Å². The van der Waals surface area contributed by atoms with Crippen molar-refractivity contribution in [3.8, 4) is 0 Å². The molecule has 0 saturated carbocycles. The van der Waals surface area contributed by atoms with Crippen LogP contribution in [0.2, 0.25) is 0 Å². The zero-order chi connectivity index (χ0) is 14.8. The number of hydrogen-bond acceptors (Lipinski definition) is 2. The molecule has 0 aliphatic carbocycles. The van der Waals surface area contributed by atoms with Gasteiger partial charge in [-0.05, 0) is 41.1 Å². The molecule has 1 fully saturated rings. The van der Waals surface area contributed by atoms with Crippen LogP contribution in [0.15, 0.2) is 48.2 Å². The summed E-state index contributed by atoms with van der Waals surface area (Å²) in [5.74, 6) is -0.0465. The van der Waals surface area contributed by atoms with Crippen molar-refractivity contribution in [2.24, 2.45) is 0 Å². The quantitative estimate of drug-likeness (QED) is 0.696. The summed E-state index contributed by atoms with van der Waals surface area (Å²) in [4.78, 5) is 14.0. The highest BCUT2D eigenvalue weighted by atomic mass is 32.1. The second kappa shape index (κ2) is 5.66. The van der Waals surface area contributed by atoms with Gasteiger partial charge in [-0.25, -0.2) is 0 Å². The summed E-state index contributed by atoms with van der Waals surface area (Å²) >= 11 is 5.23. The molecule has 21 heavy (non-hydrogen) atoms. The van der Waals surface area contributed by atoms with Crippen LogP contribution in [-0.2, 0) is 4.79 Å². The fourth-order valence-corrected chi connectivity index (χ4v) is 2.81. The first-order chi connectivity index (χ1) is 10.2. The van der Waals surface area contributed by atoms with Crippen LogP contribution in [0.4, 0.5) is 0 Å². The molecular weight excluding hydrogens is 280 g/mol. The molecule has 0 radical (unpaired) electrons. The molecule has 0 aromatic heterocycles. The van der Waals surface area contributed by atoms with Gasteiger partial charge in [0.25, 0.3) is 5.91 Å². The second-order valence-corrected chi connectivity index (χ2v) is 5.40. The van der Waals surface area contributed by atoms with Gasteiger partial charge in [0.2, 0.25) is 0 Å². The maximum Gasteiger partial charge on any atom is 0.276 e. The van der Waals surface area contributed by atoms with Gasteiger partial charge in [-0.1, -0.05) is 49.4 Å². The summed E-state index contributed by atoms with van der Waals surface area (Å²) in [7, 11) is 0. The fourth-order valence-electron chi connectivity index (χ4n) is 2.53. The molecule has 106 valence electrons. The third-order valence-electron chi connectivity index (χ3n) is 3.53. The van der Waals surface area contributed by atoms with E-state index in [9.17, 15) is 4.79 Å². The number of thiocarbonyl (C=S) groups is 1. The van der Waals surface area contributed by atoms with Crippen LogP contribution < -0.4 is 5.32 Å². The topological polar surface area (TPSA) is 32.3 Å². The number of rotatable bonds is 3. The molecule has 1 heterocycles. The third-order valence-corrected chi connectivity index (χ3v) is 3.86. The average molecular weight is 296 g/mol. The molecular formula is C17H16N2OS. The van der Waals surface area contributed by atoms with E-state index in [0.717, 1.165) is 22.8 Å². The largest absolute Gasteiger partial charge is 0.328 e. The Kier molecular flexibility index (Phi) is 3.71. The van der Waals surface area contributed by atoms with Crippen LogP contribution in [0.1, 0.15) is 18.9 Å². The van der Waals surface area contributed by atoms with Gasteiger partial charge in [-0.2, -0.15) is 0 Å². The van der Waals surface area contributed by atoms with Gasteiger partial charge in [0, 0.05) is 6.54 Å². The maximum absolute atomic E-state index is 12.4. The van der Waals surface area contributed by atoms with Crippen molar-refractivity contribution >= 4 is 40.1 Å². The Morgan fingerprint density at radius 2 is 1.95 bits per heavy atom. The standard InChI is InChI=1S/C17H16N2OS/c1-2-10-19-16(20)15(18-17(19)21)11-13-8-5-7-12-6-3-4-9-14(12)13/h3-9,11H,2,10H2,1H3,(H,18,21)/b15-11-. The Hall–Kier alpha value is -2.20. The Labute approximate surface area is 129 Å². The van der Waals surface area contributed by atoms with Gasteiger partial charge in [0.1, 0.15) is 5.70 Å². The van der Waals surface area contributed by atoms with Crippen LogP contribution in [-0.4, -0.2) is 22.5 Å². The Morgan fingerprint density at radius 1 is 1.19 bits per heavy atom. The first kappa shape index (κ1) is 13.8. The number of carbonyl (C=O) groups is 1. The molecule has 4 heteroatoms. The van der Waals surface area contributed by atoms with Crippen molar-refractivity contribution in [3.05, 3.63) is 53.7 Å². The van der Waals surface area contributed by atoms with E-state index in [0.29, 0.717) is 17.4 Å². The van der Waals surface area contributed by atoms with Crippen molar-refractivity contribution in [2.45, 2.75) is 13.3 Å². The molecule has 1 aliphatic heterocycles. The number of amides is 1. The van der Waals surface area contributed by atoms with E-state index in [1.165, 1.54) is 0 Å². The Bertz CT molecular complexity index is 746. The number of fused-ring (bicyclic) bond motifs is 1. The van der Waals surface area contributed by atoms with Crippen LogP contribution >= 0.6 is 12.2 Å². The smallest absolute Gasteiger partial charge is 0.276 e. The molecule has 0 bridgehead atoms. The Balaban J connectivity index is 2.01. The minimum atomic E-state index is -0.0465. The van der Waals surface area contributed by atoms with Crippen molar-refractivity contribution in [1.29, 1.82) is 0 Å². The molecule has 1 amide bonds. The summed E-state index contributed by atoms with van der Waals surface area (Å²) in [6.07, 6.45) is 2.77. The highest BCUT2D eigenvalue weighted by Crippen LogP contribution is 2.22. The lowest BCUT2D eigenvalue weighted by molar-refractivity contribution is -0.122. The van der Waals surface area contributed by atoms with Gasteiger partial charge >= 0.3 is 0 Å². The van der Waals surface area contributed by atoms with Gasteiger partial charge in [-0.15, -0.1) is 0 Å². The molecule has 3 nitrogen and oxygen atoms in total. The van der Waals surface area contributed by atoms with Crippen LogP contribution in [0.3, 0.4) is 0 Å². The minimum Gasteiger partial charge on any atom is -0.328 e. The molecule has 0 spiro atoms. The molecule has 2 aromatic rings. The minimum absolute atomic E-state index is 0.0465. The van der Waals surface area contributed by atoms with Gasteiger partial charge in [-0.3, -0.25) is 9.69 Å². The summed E-state index contributed by atoms with van der Waals surface area (Å²) in [5, 5.41) is 5.80. The van der Waals surface area contributed by atoms with Gasteiger partial charge < -0.3 is 5.32 Å². The predicted molar refractivity (Wildman–Crippen MR) is 89.7 cm³/mol. The van der Waals surface area contributed by atoms with Crippen molar-refractivity contribution < 1.29 is 4.79 Å². The third kappa shape index (κ3) is 2.54. The van der Waals surface area contributed by atoms with E-state index in [4.69, 9.17) is 12.2 Å². The SMILES string of the molecule is CCCN1C(=O)/C(=C/c2cccc3ccccc23)NC1=S. The molecule has 1 N–H and O–H groups in total. The zero-order valence-corrected chi connectivity index (χ0v) is 12.6. The molecule has 0 unspecified atom stereocenters. The first-order valence-corrected chi connectivity index (χ1v) is 7.44. The van der Waals surface area contributed by atoms with E-state index in [2.05, 4.69) is 23.5 Å². The lowest BCUT2D eigenvalue weighted by Gasteiger charge is -2.11. The highest BCUT2D eigenvalue weighted by molar-refractivity contribution is 7.80. The normalized spacial score (nSPS) is 16.8. The van der Waals surface area contributed by atoms with E-state index < -0.39 is 0 Å². The van der Waals surface area contributed by atoms with E-state index in [1.807, 2.05) is 37.3 Å². The van der Waals surface area contributed by atoms with Gasteiger partial charge in [0.15, 0.2) is 5.11 Å². The average Bonchev–Trinajstić information content (AvgIpc) is 2.76. The van der Waals surface area contributed by atoms with Crippen molar-refractivity contribution in [3.63, 3.8) is 0 Å². The van der Waals surface area contributed by atoms with E-state index >= 15 is 0 Å². The monoisotopic (exact) mass is 296 g/mol. The number of benzene rings is 2. The van der Waals surface area contributed by atoms with E-state index in [1.54, 1.807) is 4.90 Å². The van der Waals surface area contributed by atoms with Gasteiger partial charge in [0.05, 0.1) is 0 Å². The summed E-state index contributed by atoms with van der Waals surface area (Å²) in [6, 6.07) is 14.2. The number of carbonyl (C=O) groups excluding carboxylic acids is 1. The summed E-state index contributed by atoms with van der Waals surface area (Å²) in [6.45, 7) is 2.68. The zero-order valence-electron chi connectivity index (χ0n) is 11.8.